The van der Waals surface area contributed by atoms with E-state index in [1.165, 1.54) is 209 Å². The Morgan fingerprint density at radius 2 is 0.363 bits per heavy atom. The van der Waals surface area contributed by atoms with Crippen LogP contribution in [0.5, 0.6) is 0 Å². The van der Waals surface area contributed by atoms with Crippen LogP contribution in [0.25, 0.3) is 242 Å². The van der Waals surface area contributed by atoms with Gasteiger partial charge in [-0.05, 0) is 288 Å². The predicted molar refractivity (Wildman–Crippen MR) is 610 cm³/mol. The van der Waals surface area contributed by atoms with Gasteiger partial charge in [0.2, 0.25) is 0 Å². The molecule has 0 bridgehead atoms. The van der Waals surface area contributed by atoms with Crippen LogP contribution in [0.1, 0.15) is 69.5 Å². The Morgan fingerprint density at radius 3 is 0.692 bits per heavy atom. The summed E-state index contributed by atoms with van der Waals surface area (Å²) < 4.78 is 19.6. The summed E-state index contributed by atoms with van der Waals surface area (Å²) in [6.07, 6.45) is 0. The lowest BCUT2D eigenvalue weighted by atomic mass is 9.67. The first kappa shape index (κ1) is 83.3. The Morgan fingerprint density at radius 1 is 0.137 bits per heavy atom. The smallest absolute Gasteiger partial charge is 0.143 e. The van der Waals surface area contributed by atoms with Crippen LogP contribution in [0.3, 0.4) is 0 Å². The van der Waals surface area contributed by atoms with Crippen molar-refractivity contribution in [3.05, 3.63) is 565 Å². The van der Waals surface area contributed by atoms with Crippen LogP contribution >= 0.6 is 0 Å². The zero-order valence-corrected chi connectivity index (χ0v) is 80.2. The van der Waals surface area contributed by atoms with Gasteiger partial charge in [0.15, 0.2) is 0 Å². The van der Waals surface area contributed by atoms with Crippen molar-refractivity contribution in [2.24, 2.45) is 0 Å². The fourth-order valence-corrected chi connectivity index (χ4v) is 26.2. The molecule has 3 heteroatoms. The average Bonchev–Trinajstić information content (AvgIpc) is 1.50. The van der Waals surface area contributed by atoms with Crippen molar-refractivity contribution in [3.8, 4) is 111 Å². The largest absolute Gasteiger partial charge is 0.455 e. The van der Waals surface area contributed by atoms with E-state index in [0.29, 0.717) is 0 Å². The molecular weight excluding hydrogens is 1770 g/mol. The number of hydrogen-bond acceptors (Lipinski definition) is 3. The van der Waals surface area contributed by atoms with Crippen molar-refractivity contribution >= 4 is 130 Å². The molecule has 0 aliphatic heterocycles. The molecule has 3 heterocycles. The summed E-state index contributed by atoms with van der Waals surface area (Å²) in [5, 5.41) is 22.3. The standard InChI is InChI=1S/C51H30O.C51H32O.C41H28O/c1-2-13-34-31(12-1)28-44(37-15-4-3-14-36(34)37)33-25-27-41-40-26-24-32(35-19-11-20-43-42-18-7-10-23-49(42)52-50(35)43)29-47(40)51(48(41)30-33)45-21-8-5-16-38(45)39-17-6-9-22-46(39)51;1-3-15-36(16-4-1)51(37-17-5-2-6-18-37)47-31-34(39-23-13-24-45-44-22-11-12-25-49(44)52-50(39)45)26-28-42(47)43-29-27-35(32-48(43)51)46-30-33-14-7-8-19-38(33)40-20-9-10-21-41(40)46;1-41(2)37-23-26(29-15-9-16-35-34-14-7-8-17-39(34)42-40(29)35)18-20-32(37)33-21-19-27(24-38(33)41)36-22-25-10-3-4-11-28(25)30-12-5-6-13-31(30)36/h1-30H;1-32H;3-24H,1-2H3. The minimum atomic E-state index is -0.548. The molecule has 32 rings (SSSR count). The topological polar surface area (TPSA) is 39.4 Å². The molecule has 3 nitrogen and oxygen atoms in total. The second-order valence-corrected chi connectivity index (χ2v) is 40.4. The molecule has 28 aromatic rings. The fraction of sp³-hybridized carbons (Fsp3) is 0.0350. The Hall–Kier alpha value is -18.5. The average molecular weight is 1860 g/mol. The van der Waals surface area contributed by atoms with Gasteiger partial charge in [-0.3, -0.25) is 0 Å². The maximum atomic E-state index is 6.58. The van der Waals surface area contributed by atoms with Gasteiger partial charge in [-0.1, -0.05) is 451 Å². The molecule has 25 aromatic carbocycles. The molecule has 0 saturated heterocycles. The molecular formula is C143H90O3. The highest BCUT2D eigenvalue weighted by molar-refractivity contribution is 6.19. The molecule has 0 radical (unpaired) electrons. The number of para-hydroxylation sites is 6. The van der Waals surface area contributed by atoms with Crippen LogP contribution in [-0.2, 0) is 16.2 Å². The van der Waals surface area contributed by atoms with E-state index in [2.05, 4.69) is 505 Å². The van der Waals surface area contributed by atoms with Gasteiger partial charge in [-0.15, -0.1) is 0 Å². The number of fused-ring (bicyclic) bond motifs is 34. The first-order valence-electron chi connectivity index (χ1n) is 50.8. The quantitative estimate of drug-likeness (QED) is 0.142. The Kier molecular flexibility index (Phi) is 18.4. The Balaban J connectivity index is 0.000000102. The summed E-state index contributed by atoms with van der Waals surface area (Å²) in [6, 6.07) is 187. The first-order valence-corrected chi connectivity index (χ1v) is 50.8. The van der Waals surface area contributed by atoms with Crippen molar-refractivity contribution in [3.63, 3.8) is 0 Å². The number of hydrogen-bond donors (Lipinski definition) is 0. The molecule has 0 atom stereocenters. The molecule has 4 aliphatic carbocycles. The van der Waals surface area contributed by atoms with Crippen molar-refractivity contribution < 1.29 is 13.3 Å². The van der Waals surface area contributed by atoms with Crippen LogP contribution in [0.2, 0.25) is 0 Å². The van der Waals surface area contributed by atoms with E-state index < -0.39 is 10.8 Å². The van der Waals surface area contributed by atoms with Crippen molar-refractivity contribution in [2.75, 3.05) is 0 Å². The van der Waals surface area contributed by atoms with Crippen LogP contribution < -0.4 is 0 Å². The summed E-state index contributed by atoms with van der Waals surface area (Å²) in [7, 11) is 0. The van der Waals surface area contributed by atoms with Gasteiger partial charge in [0, 0.05) is 54.4 Å². The molecule has 3 aromatic heterocycles. The zero-order valence-electron chi connectivity index (χ0n) is 80.2. The number of rotatable bonds is 8. The molecule has 1 spiro atoms. The maximum absolute atomic E-state index is 6.58. The SMILES string of the molecule is CC1(C)c2cc(-c3cc4ccccc4c4ccccc34)ccc2-c2ccc(-c3cccc4c3oc3ccccc34)cc21.c1ccc(C2(c3ccccc3)c3cc(-c4cc5ccccc5c5ccccc45)ccc3-c3ccc(-c4cccc5c4oc4ccccc45)cc32)cc1.c1ccc2c(c1)-c1ccccc1C21c2cc(-c3cc4ccccc4c4ccccc34)ccc2-c2ccc(-c3cccc4c3oc3ccccc34)cc21. The molecule has 146 heavy (non-hydrogen) atoms. The normalized spacial score (nSPS) is 13.4. The summed E-state index contributed by atoms with van der Waals surface area (Å²) in [6.45, 7) is 4.73. The van der Waals surface area contributed by atoms with E-state index >= 15 is 0 Å². The monoisotopic (exact) mass is 1850 g/mol. The lowest BCUT2D eigenvalue weighted by Crippen LogP contribution is -2.28. The molecule has 0 unspecified atom stereocenters. The minimum absolute atomic E-state index is 0.134. The van der Waals surface area contributed by atoms with Gasteiger partial charge in [0.25, 0.3) is 0 Å². The van der Waals surface area contributed by atoms with Crippen molar-refractivity contribution in [1.29, 1.82) is 0 Å². The number of furan rings is 3. The van der Waals surface area contributed by atoms with Crippen LogP contribution in [0.15, 0.2) is 523 Å². The second-order valence-electron chi connectivity index (χ2n) is 40.4. The lowest BCUT2D eigenvalue weighted by molar-refractivity contribution is 0.660. The second kappa shape index (κ2) is 32.2. The Bertz CT molecular complexity index is 9980. The third kappa shape index (κ3) is 12.2. The van der Waals surface area contributed by atoms with E-state index in [4.69, 9.17) is 13.3 Å². The molecule has 0 fully saturated rings. The molecule has 680 valence electrons. The lowest BCUT2D eigenvalue weighted by Gasteiger charge is -2.34. The third-order valence-corrected chi connectivity index (χ3v) is 32.7. The van der Waals surface area contributed by atoms with Crippen molar-refractivity contribution in [1.82, 2.24) is 0 Å². The fourth-order valence-electron chi connectivity index (χ4n) is 26.2. The summed E-state index contributed by atoms with van der Waals surface area (Å²) in [5.41, 5.74) is 42.4. The summed E-state index contributed by atoms with van der Waals surface area (Å²) >= 11 is 0. The molecule has 0 amide bonds. The minimum Gasteiger partial charge on any atom is -0.455 e. The molecule has 4 aliphatic rings. The van der Waals surface area contributed by atoms with Gasteiger partial charge >= 0.3 is 0 Å². The van der Waals surface area contributed by atoms with Gasteiger partial charge in [-0.25, -0.2) is 0 Å². The van der Waals surface area contributed by atoms with Crippen LogP contribution in [0.4, 0.5) is 0 Å². The highest BCUT2D eigenvalue weighted by Crippen LogP contribution is 2.65. The van der Waals surface area contributed by atoms with Crippen LogP contribution in [0, 0.1) is 0 Å². The van der Waals surface area contributed by atoms with Crippen LogP contribution in [-0.4, -0.2) is 0 Å². The summed E-state index contributed by atoms with van der Waals surface area (Å²) in [5.74, 6) is 0. The van der Waals surface area contributed by atoms with Gasteiger partial charge in [0.1, 0.15) is 33.5 Å². The van der Waals surface area contributed by atoms with Gasteiger partial charge in [0.05, 0.1) is 10.8 Å². The highest BCUT2D eigenvalue weighted by atomic mass is 16.3. The zero-order chi connectivity index (χ0) is 96.2. The predicted octanol–water partition coefficient (Wildman–Crippen LogP) is 38.7. The number of benzene rings is 25. The Labute approximate surface area is 844 Å². The van der Waals surface area contributed by atoms with Gasteiger partial charge < -0.3 is 13.3 Å². The first-order chi connectivity index (χ1) is 72.1. The third-order valence-electron chi connectivity index (χ3n) is 32.7. The summed E-state index contributed by atoms with van der Waals surface area (Å²) in [4.78, 5) is 0. The van der Waals surface area contributed by atoms with Crippen molar-refractivity contribution in [2.45, 2.75) is 30.1 Å². The molecule has 0 saturated carbocycles. The van der Waals surface area contributed by atoms with E-state index in [0.717, 1.165) is 88.2 Å². The van der Waals surface area contributed by atoms with E-state index in [9.17, 15) is 0 Å². The van der Waals surface area contributed by atoms with E-state index in [1.54, 1.807) is 0 Å². The maximum Gasteiger partial charge on any atom is 0.143 e. The highest BCUT2D eigenvalue weighted by Gasteiger charge is 2.53. The van der Waals surface area contributed by atoms with E-state index in [1.807, 2.05) is 18.2 Å². The molecule has 0 N–H and O–H groups in total. The van der Waals surface area contributed by atoms with Gasteiger partial charge in [-0.2, -0.15) is 0 Å². The van der Waals surface area contributed by atoms with E-state index in [-0.39, 0.29) is 5.41 Å².